The predicted molar refractivity (Wildman–Crippen MR) is 129 cm³/mol. The highest BCUT2D eigenvalue weighted by Gasteiger charge is 2.69. The van der Waals surface area contributed by atoms with Crippen molar-refractivity contribution in [1.29, 1.82) is 0 Å². The van der Waals surface area contributed by atoms with Crippen molar-refractivity contribution in [2.45, 2.75) is 38.3 Å². The molecule has 2 fully saturated rings. The van der Waals surface area contributed by atoms with Crippen molar-refractivity contribution in [3.8, 4) is 0 Å². The number of aliphatic hydroxyl groups is 1. The summed E-state index contributed by atoms with van der Waals surface area (Å²) in [4.78, 5) is 41.3. The molecule has 11 nitrogen and oxygen atoms in total. The minimum atomic E-state index is -4.21. The largest absolute Gasteiger partial charge is 0.510 e. The summed E-state index contributed by atoms with van der Waals surface area (Å²) in [5.41, 5.74) is -1.19. The van der Waals surface area contributed by atoms with Gasteiger partial charge >= 0.3 is 12.1 Å². The summed E-state index contributed by atoms with van der Waals surface area (Å²) in [6, 6.07) is 16.7. The number of esters is 1. The first-order valence-corrected chi connectivity index (χ1v) is 13.1. The van der Waals surface area contributed by atoms with Gasteiger partial charge in [-0.15, -0.1) is 0 Å². The van der Waals surface area contributed by atoms with Crippen LogP contribution in [-0.4, -0.2) is 65.9 Å². The number of hydrogen-bond acceptors (Lipinski definition) is 9. The third kappa shape index (κ3) is 4.89. The number of β-lactam (4-membered cyclic amide) rings is 1. The molecule has 2 saturated heterocycles. The van der Waals surface area contributed by atoms with E-state index in [0.29, 0.717) is 16.0 Å². The lowest BCUT2D eigenvalue weighted by molar-refractivity contribution is -0.195. The van der Waals surface area contributed by atoms with Gasteiger partial charge in [0.05, 0.1) is 12.3 Å². The standard InChI is InChI=1S/C25H26N2O9S/c1-16(28)20(21(29)34-14-17-10-6-4-7-11-17)26-22(30)25(2,23(26)36-37(3,32)33)27-19(15-35-24(27)31)18-12-8-5-9-13-18/h4-13,19,23,28H,14-15H2,1-3H3/t19-,23+,25-/m1/s1. The molecule has 0 spiro atoms. The molecule has 4 rings (SSSR count). The number of cyclic esters (lactones) is 1. The van der Waals surface area contributed by atoms with E-state index in [1.165, 1.54) is 6.92 Å². The van der Waals surface area contributed by atoms with E-state index in [-0.39, 0.29) is 13.2 Å². The number of ether oxygens (including phenoxy) is 2. The van der Waals surface area contributed by atoms with Crippen LogP contribution in [0.3, 0.4) is 0 Å². The molecule has 2 heterocycles. The molecule has 2 amide bonds. The molecule has 0 unspecified atom stereocenters. The maximum atomic E-state index is 13.7. The van der Waals surface area contributed by atoms with Gasteiger partial charge in [0.1, 0.15) is 19.0 Å². The van der Waals surface area contributed by atoms with Crippen molar-refractivity contribution < 1.29 is 41.6 Å². The molecule has 0 bridgehead atoms. The van der Waals surface area contributed by atoms with E-state index >= 15 is 0 Å². The zero-order chi connectivity index (χ0) is 27.0. The fourth-order valence-corrected chi connectivity index (χ4v) is 5.06. The van der Waals surface area contributed by atoms with Crippen LogP contribution in [0, 0.1) is 0 Å². The molecule has 0 radical (unpaired) electrons. The molecule has 1 N–H and O–H groups in total. The number of amides is 2. The second-order valence-electron chi connectivity index (χ2n) is 8.84. The van der Waals surface area contributed by atoms with Crippen molar-refractivity contribution in [3.63, 3.8) is 0 Å². The van der Waals surface area contributed by atoms with Gasteiger partial charge in [-0.05, 0) is 25.0 Å². The Morgan fingerprint density at radius 3 is 2.27 bits per heavy atom. The first-order chi connectivity index (χ1) is 17.4. The number of hydrogen-bond donors (Lipinski definition) is 1. The molecule has 37 heavy (non-hydrogen) atoms. The van der Waals surface area contributed by atoms with Gasteiger partial charge in [-0.3, -0.25) is 14.6 Å². The van der Waals surface area contributed by atoms with Crippen LogP contribution in [0.5, 0.6) is 0 Å². The van der Waals surface area contributed by atoms with Crippen LogP contribution in [0.15, 0.2) is 72.1 Å². The van der Waals surface area contributed by atoms with Crippen LogP contribution in [0.25, 0.3) is 0 Å². The Balaban J connectivity index is 1.69. The molecular weight excluding hydrogens is 504 g/mol. The summed E-state index contributed by atoms with van der Waals surface area (Å²) in [7, 11) is -4.21. The van der Waals surface area contributed by atoms with E-state index in [1.807, 2.05) is 0 Å². The van der Waals surface area contributed by atoms with Gasteiger partial charge in [0.15, 0.2) is 17.5 Å². The molecule has 3 atom stereocenters. The SMILES string of the molecule is CC(O)=C(C(=O)OCc1ccccc1)N1C(=O)[C@@](C)(N2C(=O)OC[C@@H]2c2ccccc2)[C@@H]1OS(C)(=O)=O. The fourth-order valence-electron chi connectivity index (χ4n) is 4.45. The number of carbonyl (C=O) groups is 3. The number of aliphatic hydroxyl groups excluding tert-OH is 1. The summed E-state index contributed by atoms with van der Waals surface area (Å²) < 4.78 is 40.1. The summed E-state index contributed by atoms with van der Waals surface area (Å²) in [6.07, 6.45) is -1.77. The van der Waals surface area contributed by atoms with Gasteiger partial charge in [-0.25, -0.2) is 13.8 Å². The van der Waals surface area contributed by atoms with Gasteiger partial charge < -0.3 is 14.6 Å². The molecule has 2 aliphatic rings. The lowest BCUT2D eigenvalue weighted by atomic mass is 9.83. The molecule has 2 aromatic carbocycles. The highest BCUT2D eigenvalue weighted by atomic mass is 32.2. The van der Waals surface area contributed by atoms with E-state index in [4.69, 9.17) is 13.7 Å². The molecule has 2 aromatic rings. The number of allylic oxidation sites excluding steroid dienone is 1. The number of rotatable bonds is 8. The lowest BCUT2D eigenvalue weighted by Gasteiger charge is -2.56. The van der Waals surface area contributed by atoms with Gasteiger partial charge in [0.2, 0.25) is 0 Å². The zero-order valence-electron chi connectivity index (χ0n) is 20.4. The van der Waals surface area contributed by atoms with Crippen LogP contribution >= 0.6 is 0 Å². The summed E-state index contributed by atoms with van der Waals surface area (Å²) in [6.45, 7) is 2.22. The van der Waals surface area contributed by atoms with Crippen molar-refractivity contribution in [2.75, 3.05) is 12.9 Å². The minimum Gasteiger partial charge on any atom is -0.510 e. The Hall–Kier alpha value is -3.90. The van der Waals surface area contributed by atoms with Crippen molar-refractivity contribution in [2.24, 2.45) is 0 Å². The molecule has 2 aliphatic heterocycles. The monoisotopic (exact) mass is 530 g/mol. The normalized spacial score (nSPS) is 24.3. The van der Waals surface area contributed by atoms with E-state index in [0.717, 1.165) is 18.1 Å². The Morgan fingerprint density at radius 2 is 1.70 bits per heavy atom. The quantitative estimate of drug-likeness (QED) is 0.179. The lowest BCUT2D eigenvalue weighted by Crippen LogP contribution is -2.80. The van der Waals surface area contributed by atoms with Crippen molar-refractivity contribution in [1.82, 2.24) is 9.80 Å². The average Bonchev–Trinajstić information content (AvgIpc) is 3.26. The van der Waals surface area contributed by atoms with Gasteiger partial charge in [-0.1, -0.05) is 60.7 Å². The minimum absolute atomic E-state index is 0.0852. The average molecular weight is 531 g/mol. The summed E-state index contributed by atoms with van der Waals surface area (Å²) in [5, 5.41) is 10.3. The Bertz CT molecular complexity index is 1340. The van der Waals surface area contributed by atoms with Gasteiger partial charge in [0, 0.05) is 0 Å². The third-order valence-electron chi connectivity index (χ3n) is 6.18. The van der Waals surface area contributed by atoms with Crippen LogP contribution in [-0.2, 0) is 40.0 Å². The van der Waals surface area contributed by atoms with E-state index in [9.17, 15) is 27.9 Å². The first kappa shape index (κ1) is 26.2. The molecule has 12 heteroatoms. The number of nitrogens with zero attached hydrogens (tertiary/aromatic N) is 2. The van der Waals surface area contributed by atoms with Crippen molar-refractivity contribution in [3.05, 3.63) is 83.2 Å². The summed E-state index contributed by atoms with van der Waals surface area (Å²) >= 11 is 0. The fraction of sp³-hybridized carbons (Fsp3) is 0.320. The Morgan fingerprint density at radius 1 is 1.11 bits per heavy atom. The molecule has 0 aromatic heterocycles. The first-order valence-electron chi connectivity index (χ1n) is 11.3. The maximum Gasteiger partial charge on any atom is 0.411 e. The maximum absolute atomic E-state index is 13.7. The van der Waals surface area contributed by atoms with Crippen LogP contribution in [0.2, 0.25) is 0 Å². The smallest absolute Gasteiger partial charge is 0.411 e. The number of benzene rings is 2. The molecule has 0 aliphatic carbocycles. The van der Waals surface area contributed by atoms with Crippen LogP contribution in [0.4, 0.5) is 4.79 Å². The highest BCUT2D eigenvalue weighted by molar-refractivity contribution is 7.86. The van der Waals surface area contributed by atoms with Crippen molar-refractivity contribution >= 4 is 28.1 Å². The van der Waals surface area contributed by atoms with Crippen LogP contribution in [0.1, 0.15) is 31.0 Å². The Labute approximate surface area is 214 Å². The third-order valence-corrected chi connectivity index (χ3v) is 6.71. The highest BCUT2D eigenvalue weighted by Crippen LogP contribution is 2.47. The van der Waals surface area contributed by atoms with E-state index in [2.05, 4.69) is 0 Å². The summed E-state index contributed by atoms with van der Waals surface area (Å²) in [5.74, 6) is -2.54. The van der Waals surface area contributed by atoms with Gasteiger partial charge in [0.25, 0.3) is 16.0 Å². The molecule has 0 saturated carbocycles. The predicted octanol–water partition coefficient (Wildman–Crippen LogP) is 2.62. The zero-order valence-corrected chi connectivity index (χ0v) is 21.2. The van der Waals surface area contributed by atoms with E-state index in [1.54, 1.807) is 60.7 Å². The number of carbonyl (C=O) groups excluding carboxylic acids is 3. The second kappa shape index (κ2) is 9.87. The molecule has 196 valence electrons. The van der Waals surface area contributed by atoms with Gasteiger partial charge in [-0.2, -0.15) is 8.42 Å². The van der Waals surface area contributed by atoms with E-state index < -0.39 is 57.4 Å². The van der Waals surface area contributed by atoms with Crippen LogP contribution < -0.4 is 0 Å². The number of likely N-dealkylation sites (tertiary alicyclic amines) is 1. The molecular formula is C25H26N2O9S. The topological polar surface area (TPSA) is 140 Å². The Kier molecular flexibility index (Phi) is 6.98. The second-order valence-corrected chi connectivity index (χ2v) is 10.4.